The summed E-state index contributed by atoms with van der Waals surface area (Å²) in [5, 5.41) is 12.7. The number of benzene rings is 1. The van der Waals surface area contributed by atoms with E-state index < -0.39 is 16.0 Å². The number of halogens is 1. The molecule has 2 rings (SSSR count). The van der Waals surface area contributed by atoms with E-state index in [2.05, 4.69) is 25.8 Å². The number of nitrogens with one attached hydrogen (secondary N) is 1. The molecule has 2 aromatic rings. The number of carboxylic acid groups (broad SMARTS) is 1. The van der Waals surface area contributed by atoms with Gasteiger partial charge in [-0.05, 0) is 34.1 Å². The Morgan fingerprint density at radius 3 is 2.60 bits per heavy atom. The number of nitrogens with zero attached hydrogens (tertiary/aromatic N) is 2. The lowest BCUT2D eigenvalue weighted by molar-refractivity contribution is 0.0696. The molecule has 9 heteroatoms. The SMILES string of the molecule is Cn1nccc1NS(=O)(=O)c1ccc(C(=O)O)cc1Br. The monoisotopic (exact) mass is 359 g/mol. The Bertz CT molecular complexity index is 770. The number of sulfonamides is 1. The standard InChI is InChI=1S/C11H10BrN3O4S/c1-15-10(4-5-13-15)14-20(18,19)9-3-2-7(11(16)17)6-8(9)12/h2-6,14H,1H3,(H,16,17). The minimum absolute atomic E-state index is 0.00337. The smallest absolute Gasteiger partial charge is 0.335 e. The highest BCUT2D eigenvalue weighted by molar-refractivity contribution is 9.10. The van der Waals surface area contributed by atoms with Gasteiger partial charge in [0.05, 0.1) is 11.8 Å². The molecule has 20 heavy (non-hydrogen) atoms. The Morgan fingerprint density at radius 2 is 2.10 bits per heavy atom. The molecule has 0 unspecified atom stereocenters. The molecule has 0 saturated carbocycles. The summed E-state index contributed by atoms with van der Waals surface area (Å²) in [4.78, 5) is 10.8. The topological polar surface area (TPSA) is 101 Å². The summed E-state index contributed by atoms with van der Waals surface area (Å²) in [7, 11) is -2.23. The lowest BCUT2D eigenvalue weighted by Crippen LogP contribution is -2.16. The number of aromatic nitrogens is 2. The van der Waals surface area contributed by atoms with E-state index in [1.54, 1.807) is 7.05 Å². The highest BCUT2D eigenvalue weighted by atomic mass is 79.9. The lowest BCUT2D eigenvalue weighted by Gasteiger charge is -2.10. The van der Waals surface area contributed by atoms with Gasteiger partial charge >= 0.3 is 5.97 Å². The Labute approximate surface area is 123 Å². The number of aryl methyl sites for hydroxylation is 1. The van der Waals surface area contributed by atoms with Crippen molar-refractivity contribution in [2.45, 2.75) is 4.90 Å². The molecule has 0 amide bonds. The van der Waals surface area contributed by atoms with E-state index in [1.807, 2.05) is 0 Å². The van der Waals surface area contributed by atoms with Crippen LogP contribution in [0.2, 0.25) is 0 Å². The predicted octanol–water partition coefficient (Wildman–Crippen LogP) is 1.68. The first-order chi connectivity index (χ1) is 9.31. The van der Waals surface area contributed by atoms with E-state index in [0.29, 0.717) is 5.82 Å². The molecular weight excluding hydrogens is 350 g/mol. The van der Waals surface area contributed by atoms with Gasteiger partial charge in [0.25, 0.3) is 10.0 Å². The van der Waals surface area contributed by atoms with Crippen LogP contribution < -0.4 is 4.72 Å². The molecule has 0 radical (unpaired) electrons. The van der Waals surface area contributed by atoms with Gasteiger partial charge in [0, 0.05) is 17.6 Å². The van der Waals surface area contributed by atoms with Gasteiger partial charge < -0.3 is 5.11 Å². The van der Waals surface area contributed by atoms with Gasteiger partial charge in [0.2, 0.25) is 0 Å². The number of rotatable bonds is 4. The molecule has 0 aliphatic heterocycles. The average Bonchev–Trinajstić information content (AvgIpc) is 2.73. The first-order valence-corrected chi connectivity index (χ1v) is 7.62. The highest BCUT2D eigenvalue weighted by Gasteiger charge is 2.20. The number of hydrogen-bond acceptors (Lipinski definition) is 4. The second-order valence-electron chi connectivity index (χ2n) is 3.90. The Kier molecular flexibility index (Phi) is 3.82. The third-order valence-corrected chi connectivity index (χ3v) is 4.86. The van der Waals surface area contributed by atoms with Gasteiger partial charge in [-0.15, -0.1) is 0 Å². The molecule has 0 aliphatic carbocycles. The van der Waals surface area contributed by atoms with Crippen LogP contribution in [0.4, 0.5) is 5.82 Å². The largest absolute Gasteiger partial charge is 0.478 e. The van der Waals surface area contributed by atoms with Crippen LogP contribution in [0.3, 0.4) is 0 Å². The van der Waals surface area contributed by atoms with E-state index in [0.717, 1.165) is 0 Å². The fourth-order valence-electron chi connectivity index (χ4n) is 1.52. The first kappa shape index (κ1) is 14.5. The van der Waals surface area contributed by atoms with Crippen molar-refractivity contribution in [2.24, 2.45) is 7.05 Å². The minimum Gasteiger partial charge on any atom is -0.478 e. The zero-order valence-electron chi connectivity index (χ0n) is 10.2. The van der Waals surface area contributed by atoms with Gasteiger partial charge in [-0.1, -0.05) is 0 Å². The van der Waals surface area contributed by atoms with Crippen molar-refractivity contribution >= 4 is 37.7 Å². The molecule has 0 spiro atoms. The highest BCUT2D eigenvalue weighted by Crippen LogP contribution is 2.25. The van der Waals surface area contributed by atoms with Gasteiger partial charge in [-0.3, -0.25) is 9.40 Å². The summed E-state index contributed by atoms with van der Waals surface area (Å²) in [6.07, 6.45) is 1.46. The quantitative estimate of drug-likeness (QED) is 0.864. The van der Waals surface area contributed by atoms with Crippen molar-refractivity contribution in [2.75, 3.05) is 4.72 Å². The van der Waals surface area contributed by atoms with Crippen molar-refractivity contribution in [3.8, 4) is 0 Å². The van der Waals surface area contributed by atoms with E-state index in [4.69, 9.17) is 5.11 Å². The van der Waals surface area contributed by atoms with Crippen LogP contribution in [0.25, 0.3) is 0 Å². The van der Waals surface area contributed by atoms with Crippen molar-refractivity contribution in [1.82, 2.24) is 9.78 Å². The fourth-order valence-corrected chi connectivity index (χ4v) is 3.68. The summed E-state index contributed by atoms with van der Waals surface area (Å²) in [5.74, 6) is -0.826. The molecule has 0 saturated heterocycles. The van der Waals surface area contributed by atoms with Crippen molar-refractivity contribution in [3.63, 3.8) is 0 Å². The molecule has 0 bridgehead atoms. The summed E-state index contributed by atoms with van der Waals surface area (Å²) in [6.45, 7) is 0. The molecule has 1 aromatic carbocycles. The predicted molar refractivity (Wildman–Crippen MR) is 75.1 cm³/mol. The van der Waals surface area contributed by atoms with Crippen LogP contribution in [0.1, 0.15) is 10.4 Å². The van der Waals surface area contributed by atoms with Crippen LogP contribution in [0, 0.1) is 0 Å². The number of hydrogen-bond donors (Lipinski definition) is 2. The Morgan fingerprint density at radius 1 is 1.40 bits per heavy atom. The zero-order chi connectivity index (χ0) is 14.9. The molecule has 0 fully saturated rings. The summed E-state index contributed by atoms with van der Waals surface area (Å²) in [6, 6.07) is 5.20. The number of carboxylic acids is 1. The van der Waals surface area contributed by atoms with Crippen molar-refractivity contribution < 1.29 is 18.3 Å². The van der Waals surface area contributed by atoms with E-state index in [-0.39, 0.29) is 14.9 Å². The third-order valence-electron chi connectivity index (χ3n) is 2.53. The van der Waals surface area contributed by atoms with Gasteiger partial charge in [-0.25, -0.2) is 13.2 Å². The first-order valence-electron chi connectivity index (χ1n) is 5.35. The van der Waals surface area contributed by atoms with E-state index in [1.165, 1.54) is 35.1 Å². The molecule has 0 aliphatic rings. The Hall–Kier alpha value is -1.87. The lowest BCUT2D eigenvalue weighted by atomic mass is 10.2. The second-order valence-corrected chi connectivity index (χ2v) is 6.40. The minimum atomic E-state index is -3.83. The van der Waals surface area contributed by atoms with Crippen molar-refractivity contribution in [3.05, 3.63) is 40.5 Å². The second kappa shape index (κ2) is 5.25. The maximum absolute atomic E-state index is 12.2. The number of carbonyl (C=O) groups is 1. The fraction of sp³-hybridized carbons (Fsp3) is 0.0909. The third kappa shape index (κ3) is 2.83. The number of aromatic carboxylic acids is 1. The maximum Gasteiger partial charge on any atom is 0.335 e. The van der Waals surface area contributed by atoms with E-state index >= 15 is 0 Å². The summed E-state index contributed by atoms with van der Waals surface area (Å²) < 4.78 is 28.4. The normalized spacial score (nSPS) is 11.3. The van der Waals surface area contributed by atoms with Crippen LogP contribution in [-0.4, -0.2) is 29.3 Å². The summed E-state index contributed by atoms with van der Waals surface area (Å²) in [5.41, 5.74) is -0.00337. The molecule has 106 valence electrons. The van der Waals surface area contributed by atoms with Gasteiger partial charge in [0.15, 0.2) is 0 Å². The number of anilines is 1. The molecular formula is C11H10BrN3O4S. The van der Waals surface area contributed by atoms with Crippen LogP contribution >= 0.6 is 15.9 Å². The summed E-state index contributed by atoms with van der Waals surface area (Å²) >= 11 is 3.07. The molecule has 2 N–H and O–H groups in total. The van der Waals surface area contributed by atoms with Gasteiger partial charge in [-0.2, -0.15) is 5.10 Å². The van der Waals surface area contributed by atoms with Crippen LogP contribution in [0.15, 0.2) is 39.8 Å². The van der Waals surface area contributed by atoms with Crippen LogP contribution in [-0.2, 0) is 17.1 Å². The van der Waals surface area contributed by atoms with Crippen molar-refractivity contribution in [1.29, 1.82) is 0 Å². The molecule has 7 nitrogen and oxygen atoms in total. The van der Waals surface area contributed by atoms with Crippen LogP contribution in [0.5, 0.6) is 0 Å². The molecule has 1 heterocycles. The molecule has 0 atom stereocenters. The van der Waals surface area contributed by atoms with E-state index in [9.17, 15) is 13.2 Å². The average molecular weight is 360 g/mol. The Balaban J connectivity index is 2.40. The maximum atomic E-state index is 12.2. The zero-order valence-corrected chi connectivity index (χ0v) is 12.6. The van der Waals surface area contributed by atoms with Gasteiger partial charge in [0.1, 0.15) is 10.7 Å². The molecule has 1 aromatic heterocycles.